The number of aliphatic hydroxyl groups excluding tert-OH is 1. The maximum Gasteiger partial charge on any atom is 0.231 e. The summed E-state index contributed by atoms with van der Waals surface area (Å²) in [5.74, 6) is 1.11. The second-order valence-electron chi connectivity index (χ2n) is 6.94. The third-order valence-corrected chi connectivity index (χ3v) is 5.01. The van der Waals surface area contributed by atoms with Gasteiger partial charge in [0.15, 0.2) is 0 Å². The monoisotopic (exact) mass is 418 g/mol. The number of aliphatic hydroxyl groups is 1. The van der Waals surface area contributed by atoms with Gasteiger partial charge in [-0.05, 0) is 17.5 Å². The molecule has 0 fully saturated rings. The number of benzene rings is 1. The molecule has 0 saturated carbocycles. The number of methoxy groups -OCH3 is 2. The molecule has 0 amide bonds. The fourth-order valence-electron chi connectivity index (χ4n) is 3.47. The number of rotatable bonds is 9. The summed E-state index contributed by atoms with van der Waals surface area (Å²) in [6.45, 7) is 0.103. The zero-order valence-corrected chi connectivity index (χ0v) is 17.4. The quantitative estimate of drug-likeness (QED) is 0.383. The van der Waals surface area contributed by atoms with E-state index >= 15 is 0 Å². The number of nitrogens with zero attached hydrogens (tertiary/aromatic N) is 3. The van der Waals surface area contributed by atoms with Gasteiger partial charge in [0.2, 0.25) is 5.88 Å². The lowest BCUT2D eigenvalue weighted by atomic mass is 10.0. The fraction of sp³-hybridized carbons (Fsp3) is 0.217. The molecule has 3 heterocycles. The van der Waals surface area contributed by atoms with E-state index in [0.29, 0.717) is 18.1 Å². The highest BCUT2D eigenvalue weighted by atomic mass is 16.5. The third kappa shape index (κ3) is 4.59. The Morgan fingerprint density at radius 3 is 2.77 bits per heavy atom. The Morgan fingerprint density at radius 2 is 2.03 bits per heavy atom. The highest BCUT2D eigenvalue weighted by molar-refractivity contribution is 5.87. The van der Waals surface area contributed by atoms with E-state index in [1.54, 1.807) is 39.0 Å². The maximum atomic E-state index is 9.36. The summed E-state index contributed by atoms with van der Waals surface area (Å²) in [4.78, 5) is 16.4. The van der Waals surface area contributed by atoms with Crippen molar-refractivity contribution in [3.05, 3.63) is 78.5 Å². The number of H-pyrrole nitrogens is 1. The topological polar surface area (TPSA) is 105 Å². The summed E-state index contributed by atoms with van der Waals surface area (Å²) in [6, 6.07) is 7.67. The molecule has 1 atom stereocenters. The molecule has 0 saturated heterocycles. The van der Waals surface area contributed by atoms with E-state index in [4.69, 9.17) is 9.47 Å². The zero-order valence-electron chi connectivity index (χ0n) is 17.4. The van der Waals surface area contributed by atoms with Crippen LogP contribution in [0.4, 0.5) is 5.69 Å². The molecule has 8 heteroatoms. The summed E-state index contributed by atoms with van der Waals surface area (Å²) in [7, 11) is 3.17. The Labute approximate surface area is 180 Å². The van der Waals surface area contributed by atoms with Crippen molar-refractivity contribution in [1.82, 2.24) is 19.9 Å². The lowest BCUT2D eigenvalue weighted by Gasteiger charge is -2.19. The number of hydrogen-bond acceptors (Lipinski definition) is 7. The van der Waals surface area contributed by atoms with E-state index in [1.807, 2.05) is 24.4 Å². The van der Waals surface area contributed by atoms with Crippen molar-refractivity contribution in [2.24, 2.45) is 0 Å². The summed E-state index contributed by atoms with van der Waals surface area (Å²) in [6.07, 6.45) is 11.3. The van der Waals surface area contributed by atoms with Crippen LogP contribution in [-0.4, -0.2) is 45.9 Å². The Hall–Kier alpha value is -3.65. The van der Waals surface area contributed by atoms with E-state index < -0.39 is 0 Å². The second kappa shape index (κ2) is 9.44. The fourth-order valence-corrected chi connectivity index (χ4v) is 3.47. The van der Waals surface area contributed by atoms with Gasteiger partial charge in [-0.3, -0.25) is 9.97 Å². The van der Waals surface area contributed by atoms with Gasteiger partial charge in [0, 0.05) is 36.2 Å². The minimum Gasteiger partial charge on any atom is -0.495 e. The summed E-state index contributed by atoms with van der Waals surface area (Å²) >= 11 is 0. The molecule has 0 bridgehead atoms. The van der Waals surface area contributed by atoms with E-state index in [2.05, 4.69) is 37.7 Å². The first-order chi connectivity index (χ1) is 15.2. The van der Waals surface area contributed by atoms with E-state index in [1.165, 1.54) is 0 Å². The van der Waals surface area contributed by atoms with Crippen LogP contribution in [0.5, 0.6) is 11.6 Å². The minimum absolute atomic E-state index is 0.103. The van der Waals surface area contributed by atoms with E-state index in [-0.39, 0.29) is 12.6 Å². The first-order valence-corrected chi connectivity index (χ1v) is 9.88. The molecular weight excluding hydrogens is 394 g/mol. The number of aromatic amines is 1. The summed E-state index contributed by atoms with van der Waals surface area (Å²) in [5, 5.41) is 13.9. The SMILES string of the molecule is COc1cncc(NC([CH]c2c[nH]c3c(CCO)cccc23)c2cnc(OC)cn2)c1. The number of anilines is 1. The molecule has 8 nitrogen and oxygen atoms in total. The zero-order chi connectivity index (χ0) is 21.6. The predicted molar refractivity (Wildman–Crippen MR) is 118 cm³/mol. The average molecular weight is 418 g/mol. The van der Waals surface area contributed by atoms with Gasteiger partial charge < -0.3 is 24.9 Å². The molecule has 31 heavy (non-hydrogen) atoms. The molecule has 4 rings (SSSR count). The first kappa shape index (κ1) is 20.6. The lowest BCUT2D eigenvalue weighted by molar-refractivity contribution is 0.300. The first-order valence-electron chi connectivity index (χ1n) is 9.88. The Balaban J connectivity index is 1.68. The van der Waals surface area contributed by atoms with Crippen molar-refractivity contribution in [3.63, 3.8) is 0 Å². The summed E-state index contributed by atoms with van der Waals surface area (Å²) < 4.78 is 10.4. The number of nitrogens with one attached hydrogen (secondary N) is 2. The van der Waals surface area contributed by atoms with Crippen LogP contribution in [0, 0.1) is 6.42 Å². The number of ether oxygens (including phenoxy) is 2. The Morgan fingerprint density at radius 1 is 1.13 bits per heavy atom. The molecule has 159 valence electrons. The van der Waals surface area contributed by atoms with Crippen LogP contribution >= 0.6 is 0 Å². The Bertz CT molecular complexity index is 1140. The van der Waals surface area contributed by atoms with Crippen molar-refractivity contribution in [2.75, 3.05) is 26.1 Å². The van der Waals surface area contributed by atoms with Crippen molar-refractivity contribution in [2.45, 2.75) is 12.5 Å². The van der Waals surface area contributed by atoms with E-state index in [0.717, 1.165) is 33.4 Å². The molecule has 0 aliphatic rings. The van der Waals surface area contributed by atoms with Crippen LogP contribution in [0.25, 0.3) is 10.9 Å². The highest BCUT2D eigenvalue weighted by Gasteiger charge is 2.18. The maximum absolute atomic E-state index is 9.36. The van der Waals surface area contributed by atoms with Gasteiger partial charge in [0.25, 0.3) is 0 Å². The smallest absolute Gasteiger partial charge is 0.231 e. The standard InChI is InChI=1S/C23H24N5O3/c1-30-18-9-17(11-24-12-18)28-20(21-13-26-22(31-2)14-25-21)8-16-10-27-23-15(6-7-29)4-3-5-19(16)23/h3-5,8-14,20,27-29H,6-7H2,1-2H3. The molecule has 3 aromatic heterocycles. The number of pyridine rings is 1. The van der Waals surface area contributed by atoms with Crippen molar-refractivity contribution in [1.29, 1.82) is 0 Å². The van der Waals surface area contributed by atoms with Crippen LogP contribution in [0.1, 0.15) is 22.9 Å². The van der Waals surface area contributed by atoms with Gasteiger partial charge in [0.05, 0.1) is 56.4 Å². The van der Waals surface area contributed by atoms with Crippen LogP contribution in [-0.2, 0) is 6.42 Å². The summed E-state index contributed by atoms with van der Waals surface area (Å²) in [5.41, 5.74) is 4.63. The number of para-hydroxylation sites is 1. The van der Waals surface area contributed by atoms with Crippen LogP contribution in [0.2, 0.25) is 0 Å². The second-order valence-corrected chi connectivity index (χ2v) is 6.94. The van der Waals surface area contributed by atoms with Gasteiger partial charge in [0.1, 0.15) is 5.75 Å². The average Bonchev–Trinajstić information content (AvgIpc) is 3.23. The predicted octanol–water partition coefficient (Wildman–Crippen LogP) is 3.31. The van der Waals surface area contributed by atoms with Gasteiger partial charge in [-0.15, -0.1) is 0 Å². The molecule has 1 radical (unpaired) electrons. The molecule has 4 aromatic rings. The van der Waals surface area contributed by atoms with Crippen LogP contribution < -0.4 is 14.8 Å². The lowest BCUT2D eigenvalue weighted by Crippen LogP contribution is -2.14. The van der Waals surface area contributed by atoms with Crippen molar-refractivity contribution < 1.29 is 14.6 Å². The molecule has 3 N–H and O–H groups in total. The third-order valence-electron chi connectivity index (χ3n) is 5.01. The molecular formula is C23H24N5O3. The van der Waals surface area contributed by atoms with Crippen molar-refractivity contribution in [3.8, 4) is 11.6 Å². The largest absolute Gasteiger partial charge is 0.495 e. The molecule has 1 aromatic carbocycles. The number of aromatic nitrogens is 4. The van der Waals surface area contributed by atoms with Crippen LogP contribution in [0.3, 0.4) is 0 Å². The van der Waals surface area contributed by atoms with Crippen molar-refractivity contribution >= 4 is 16.6 Å². The minimum atomic E-state index is -0.284. The van der Waals surface area contributed by atoms with Gasteiger partial charge >= 0.3 is 0 Å². The highest BCUT2D eigenvalue weighted by Crippen LogP contribution is 2.30. The van der Waals surface area contributed by atoms with E-state index in [9.17, 15) is 5.11 Å². The molecule has 1 unspecified atom stereocenters. The molecule has 0 aliphatic carbocycles. The number of hydrogen-bond donors (Lipinski definition) is 3. The van der Waals surface area contributed by atoms with Crippen LogP contribution in [0.15, 0.2) is 55.2 Å². The molecule has 0 aliphatic heterocycles. The normalized spacial score (nSPS) is 12.0. The molecule has 0 spiro atoms. The Kier molecular flexibility index (Phi) is 6.28. The van der Waals surface area contributed by atoms with Gasteiger partial charge in [-0.25, -0.2) is 4.98 Å². The number of fused-ring (bicyclic) bond motifs is 1. The van der Waals surface area contributed by atoms with Gasteiger partial charge in [-0.1, -0.05) is 18.2 Å². The van der Waals surface area contributed by atoms with Gasteiger partial charge in [-0.2, -0.15) is 0 Å².